The first-order chi connectivity index (χ1) is 9.08. The normalized spacial score (nSPS) is 12.7. The first kappa shape index (κ1) is 16.3. The molecule has 1 rings (SSSR count). The summed E-state index contributed by atoms with van der Waals surface area (Å²) >= 11 is 6.12. The maximum Gasteiger partial charge on any atom is 0.123 e. The van der Waals surface area contributed by atoms with E-state index in [1.165, 1.54) is 0 Å². The predicted octanol–water partition coefficient (Wildman–Crippen LogP) is 3.34. The molecule has 1 unspecified atom stereocenters. The molecule has 3 nitrogen and oxygen atoms in total. The Hall–Kier alpha value is -0.770. The fourth-order valence-corrected chi connectivity index (χ4v) is 2.23. The van der Waals surface area contributed by atoms with Gasteiger partial charge in [0.2, 0.25) is 0 Å². The summed E-state index contributed by atoms with van der Waals surface area (Å²) in [5.41, 5.74) is 1.14. The molecule has 0 fully saturated rings. The molecule has 0 saturated heterocycles. The van der Waals surface area contributed by atoms with Crippen molar-refractivity contribution < 1.29 is 4.74 Å². The van der Waals surface area contributed by atoms with Gasteiger partial charge < -0.3 is 15.0 Å². The van der Waals surface area contributed by atoms with E-state index in [0.29, 0.717) is 0 Å². The number of nitrogens with one attached hydrogen (secondary N) is 1. The summed E-state index contributed by atoms with van der Waals surface area (Å²) in [6.45, 7) is 4.19. The minimum Gasteiger partial charge on any atom is -0.496 e. The number of methoxy groups -OCH3 is 1. The molecule has 0 saturated carbocycles. The maximum atomic E-state index is 6.12. The molecule has 0 heterocycles. The van der Waals surface area contributed by atoms with Crippen molar-refractivity contribution in [2.24, 2.45) is 0 Å². The second-order valence-corrected chi connectivity index (χ2v) is 5.42. The van der Waals surface area contributed by atoms with E-state index in [-0.39, 0.29) is 6.04 Å². The SMILES string of the molecule is CCCNC(CCN(C)C)c1cc(Cl)ccc1OC. The number of halogens is 1. The summed E-state index contributed by atoms with van der Waals surface area (Å²) in [7, 11) is 5.88. The largest absolute Gasteiger partial charge is 0.496 e. The standard InChI is InChI=1S/C15H25ClN2O/c1-5-9-17-14(8-10-18(2)3)13-11-12(16)6-7-15(13)19-4/h6-7,11,14,17H,5,8-10H2,1-4H3. The highest BCUT2D eigenvalue weighted by atomic mass is 35.5. The van der Waals surface area contributed by atoms with Gasteiger partial charge >= 0.3 is 0 Å². The van der Waals surface area contributed by atoms with Crippen LogP contribution in [-0.2, 0) is 0 Å². The first-order valence-corrected chi connectivity index (χ1v) is 7.17. The molecule has 19 heavy (non-hydrogen) atoms. The van der Waals surface area contributed by atoms with Crippen LogP contribution in [-0.4, -0.2) is 39.2 Å². The lowest BCUT2D eigenvalue weighted by atomic mass is 10.0. The maximum absolute atomic E-state index is 6.12. The van der Waals surface area contributed by atoms with E-state index >= 15 is 0 Å². The van der Waals surface area contributed by atoms with E-state index in [4.69, 9.17) is 16.3 Å². The van der Waals surface area contributed by atoms with E-state index in [1.54, 1.807) is 7.11 Å². The highest BCUT2D eigenvalue weighted by Gasteiger charge is 2.16. The molecule has 0 radical (unpaired) electrons. The van der Waals surface area contributed by atoms with Gasteiger partial charge in [0.1, 0.15) is 5.75 Å². The summed E-state index contributed by atoms with van der Waals surface area (Å²) in [5.74, 6) is 0.900. The average molecular weight is 285 g/mol. The van der Waals surface area contributed by atoms with Crippen molar-refractivity contribution in [1.29, 1.82) is 0 Å². The van der Waals surface area contributed by atoms with Crippen LogP contribution in [0.5, 0.6) is 5.75 Å². The number of hydrogen-bond donors (Lipinski definition) is 1. The van der Waals surface area contributed by atoms with Crippen LogP contribution in [0.4, 0.5) is 0 Å². The molecule has 0 bridgehead atoms. The zero-order valence-corrected chi connectivity index (χ0v) is 13.1. The Morgan fingerprint density at radius 1 is 1.37 bits per heavy atom. The zero-order chi connectivity index (χ0) is 14.3. The summed E-state index contributed by atoms with van der Waals surface area (Å²) < 4.78 is 5.46. The molecule has 1 aromatic carbocycles. The fourth-order valence-electron chi connectivity index (χ4n) is 2.05. The van der Waals surface area contributed by atoms with E-state index < -0.39 is 0 Å². The number of benzene rings is 1. The molecule has 0 spiro atoms. The van der Waals surface area contributed by atoms with Gasteiger partial charge in [-0.3, -0.25) is 0 Å². The molecule has 1 aromatic rings. The van der Waals surface area contributed by atoms with Gasteiger partial charge in [-0.2, -0.15) is 0 Å². The van der Waals surface area contributed by atoms with E-state index in [1.807, 2.05) is 18.2 Å². The molecule has 0 amide bonds. The van der Waals surface area contributed by atoms with Crippen molar-refractivity contribution in [2.75, 3.05) is 34.3 Å². The highest BCUT2D eigenvalue weighted by Crippen LogP contribution is 2.30. The smallest absolute Gasteiger partial charge is 0.123 e. The zero-order valence-electron chi connectivity index (χ0n) is 12.4. The van der Waals surface area contributed by atoms with Crippen molar-refractivity contribution in [3.63, 3.8) is 0 Å². The monoisotopic (exact) mass is 284 g/mol. The van der Waals surface area contributed by atoms with Crippen molar-refractivity contribution in [3.05, 3.63) is 28.8 Å². The minimum absolute atomic E-state index is 0.274. The van der Waals surface area contributed by atoms with Gasteiger partial charge in [0.25, 0.3) is 0 Å². The van der Waals surface area contributed by atoms with Gasteiger partial charge in [-0.1, -0.05) is 18.5 Å². The van der Waals surface area contributed by atoms with Crippen LogP contribution in [0.2, 0.25) is 5.02 Å². The van der Waals surface area contributed by atoms with Gasteiger partial charge in [0, 0.05) is 16.6 Å². The summed E-state index contributed by atoms with van der Waals surface area (Å²) in [6, 6.07) is 6.08. The van der Waals surface area contributed by atoms with Gasteiger partial charge in [0.15, 0.2) is 0 Å². The van der Waals surface area contributed by atoms with E-state index in [9.17, 15) is 0 Å². The molecule has 1 N–H and O–H groups in total. The molecular weight excluding hydrogens is 260 g/mol. The summed E-state index contributed by atoms with van der Waals surface area (Å²) in [4.78, 5) is 2.19. The third-order valence-corrected chi connectivity index (χ3v) is 3.31. The third kappa shape index (κ3) is 5.39. The lowest BCUT2D eigenvalue weighted by Gasteiger charge is -2.23. The summed E-state index contributed by atoms with van der Waals surface area (Å²) in [6.07, 6.45) is 2.14. The number of ether oxygens (including phenoxy) is 1. The highest BCUT2D eigenvalue weighted by molar-refractivity contribution is 6.30. The Kier molecular flexibility index (Phi) is 7.21. The quantitative estimate of drug-likeness (QED) is 0.792. The van der Waals surface area contributed by atoms with Crippen molar-refractivity contribution in [2.45, 2.75) is 25.8 Å². The lowest BCUT2D eigenvalue weighted by Crippen LogP contribution is -2.26. The first-order valence-electron chi connectivity index (χ1n) is 6.80. The Balaban J connectivity index is 2.90. The van der Waals surface area contributed by atoms with Gasteiger partial charge in [-0.05, 0) is 58.2 Å². The van der Waals surface area contributed by atoms with Crippen molar-refractivity contribution >= 4 is 11.6 Å². The number of nitrogens with zero attached hydrogens (tertiary/aromatic N) is 1. The van der Waals surface area contributed by atoms with E-state index in [0.717, 1.165) is 42.3 Å². The fraction of sp³-hybridized carbons (Fsp3) is 0.600. The average Bonchev–Trinajstić information content (AvgIpc) is 2.38. The molecule has 0 aliphatic carbocycles. The van der Waals surface area contributed by atoms with Crippen LogP contribution in [0.1, 0.15) is 31.4 Å². The van der Waals surface area contributed by atoms with Crippen molar-refractivity contribution in [3.8, 4) is 5.75 Å². The molecule has 0 aliphatic rings. The van der Waals surface area contributed by atoms with Crippen molar-refractivity contribution in [1.82, 2.24) is 10.2 Å². The van der Waals surface area contributed by atoms with Gasteiger partial charge in [0.05, 0.1) is 7.11 Å². The molecular formula is C15H25ClN2O. The van der Waals surface area contributed by atoms with Crippen LogP contribution < -0.4 is 10.1 Å². The van der Waals surface area contributed by atoms with Crippen LogP contribution in [0, 0.1) is 0 Å². The molecule has 0 aromatic heterocycles. The molecule has 1 atom stereocenters. The Morgan fingerprint density at radius 2 is 2.11 bits per heavy atom. The number of rotatable bonds is 8. The third-order valence-electron chi connectivity index (χ3n) is 3.07. The lowest BCUT2D eigenvalue weighted by molar-refractivity contribution is 0.350. The minimum atomic E-state index is 0.274. The Bertz CT molecular complexity index is 382. The summed E-state index contributed by atoms with van der Waals surface area (Å²) in [5, 5.41) is 4.33. The van der Waals surface area contributed by atoms with Crippen LogP contribution >= 0.6 is 11.6 Å². The Morgan fingerprint density at radius 3 is 2.68 bits per heavy atom. The van der Waals surface area contributed by atoms with Gasteiger partial charge in [-0.15, -0.1) is 0 Å². The van der Waals surface area contributed by atoms with Crippen LogP contribution in [0.25, 0.3) is 0 Å². The van der Waals surface area contributed by atoms with E-state index in [2.05, 4.69) is 31.2 Å². The predicted molar refractivity (Wildman–Crippen MR) is 82.2 cm³/mol. The molecule has 0 aliphatic heterocycles. The topological polar surface area (TPSA) is 24.5 Å². The molecule has 4 heteroatoms. The second-order valence-electron chi connectivity index (χ2n) is 4.98. The number of hydrogen-bond acceptors (Lipinski definition) is 3. The van der Waals surface area contributed by atoms with Gasteiger partial charge in [-0.25, -0.2) is 0 Å². The molecule has 108 valence electrons. The van der Waals surface area contributed by atoms with Crippen LogP contribution in [0.15, 0.2) is 18.2 Å². The Labute approximate surface area is 121 Å². The second kappa shape index (κ2) is 8.41. The van der Waals surface area contributed by atoms with Crippen LogP contribution in [0.3, 0.4) is 0 Å².